The molecule has 0 amide bonds. The van der Waals surface area contributed by atoms with E-state index < -0.39 is 33.6 Å². The molecule has 3 aromatic carbocycles. The first kappa shape index (κ1) is 26.0. The lowest BCUT2D eigenvalue weighted by molar-refractivity contribution is 0.225. The number of hydrogen-bond acceptors (Lipinski definition) is 5. The molecule has 37 heavy (non-hydrogen) atoms. The molecule has 1 atom stereocenters. The van der Waals surface area contributed by atoms with E-state index in [0.717, 1.165) is 28.2 Å². The number of nitrogens with one attached hydrogen (secondary N) is 1. The van der Waals surface area contributed by atoms with Crippen LogP contribution in [0.5, 0.6) is 5.75 Å². The van der Waals surface area contributed by atoms with Crippen LogP contribution in [0.1, 0.15) is 29.7 Å². The van der Waals surface area contributed by atoms with Crippen molar-refractivity contribution in [1.29, 1.82) is 5.26 Å². The maximum absolute atomic E-state index is 15.3. The van der Waals surface area contributed by atoms with Gasteiger partial charge in [-0.2, -0.15) is 5.26 Å². The molecule has 1 unspecified atom stereocenters. The summed E-state index contributed by atoms with van der Waals surface area (Å²) in [5, 5.41) is 12.1. The molecule has 4 aromatic rings. The van der Waals surface area contributed by atoms with E-state index in [1.54, 1.807) is 20.0 Å². The molecule has 0 spiro atoms. The zero-order valence-electron chi connectivity index (χ0n) is 19.9. The Balaban J connectivity index is 1.72. The number of benzene rings is 3. The van der Waals surface area contributed by atoms with Gasteiger partial charge in [-0.1, -0.05) is 6.07 Å². The molecule has 0 saturated carbocycles. The van der Waals surface area contributed by atoms with Crippen LogP contribution < -0.4 is 10.1 Å². The van der Waals surface area contributed by atoms with E-state index in [-0.39, 0.29) is 33.0 Å². The highest BCUT2D eigenvalue weighted by Gasteiger charge is 2.24. The maximum atomic E-state index is 15.3. The third-order valence-corrected chi connectivity index (χ3v) is 7.30. The molecule has 0 bridgehead atoms. The van der Waals surface area contributed by atoms with Gasteiger partial charge < -0.3 is 10.1 Å². The van der Waals surface area contributed by atoms with Gasteiger partial charge in [-0.25, -0.2) is 25.6 Å². The van der Waals surface area contributed by atoms with Crippen molar-refractivity contribution in [3.8, 4) is 23.1 Å². The van der Waals surface area contributed by atoms with Crippen LogP contribution in [0.3, 0.4) is 0 Å². The van der Waals surface area contributed by atoms with Crippen LogP contribution in [0.25, 0.3) is 11.3 Å². The van der Waals surface area contributed by atoms with Crippen LogP contribution in [0.2, 0.25) is 0 Å². The summed E-state index contributed by atoms with van der Waals surface area (Å²) < 4.78 is 76.1. The Labute approximate surface area is 212 Å². The van der Waals surface area contributed by atoms with Crippen LogP contribution >= 0.6 is 0 Å². The summed E-state index contributed by atoms with van der Waals surface area (Å²) in [6, 6.07) is 15.9. The van der Waals surface area contributed by atoms with E-state index >= 15 is 4.39 Å². The first-order valence-electron chi connectivity index (χ1n) is 11.2. The summed E-state index contributed by atoms with van der Waals surface area (Å²) in [4.78, 5) is -0.115. The zero-order chi connectivity index (χ0) is 26.7. The minimum absolute atomic E-state index is 0.000770. The number of nitrogens with zero attached hydrogens (tertiary/aromatic N) is 2. The van der Waals surface area contributed by atoms with Gasteiger partial charge in [0.25, 0.3) is 10.0 Å². The van der Waals surface area contributed by atoms with E-state index in [1.165, 1.54) is 42.6 Å². The van der Waals surface area contributed by atoms with Gasteiger partial charge in [-0.3, -0.25) is 0 Å². The van der Waals surface area contributed by atoms with Gasteiger partial charge >= 0.3 is 0 Å². The predicted octanol–water partition coefficient (Wildman–Crippen LogP) is 5.54. The molecular formula is C27H22F3N3O3S. The van der Waals surface area contributed by atoms with Crippen LogP contribution in [-0.2, 0) is 16.6 Å². The quantitative estimate of drug-likeness (QED) is 0.327. The lowest BCUT2D eigenvalue weighted by Gasteiger charge is -2.16. The fourth-order valence-electron chi connectivity index (χ4n) is 3.89. The number of rotatable bonds is 8. The second kappa shape index (κ2) is 10.5. The molecular weight excluding hydrogens is 503 g/mol. The summed E-state index contributed by atoms with van der Waals surface area (Å²) in [5.74, 6) is -2.18. The molecule has 0 aliphatic carbocycles. The zero-order valence-corrected chi connectivity index (χ0v) is 20.7. The van der Waals surface area contributed by atoms with Crippen molar-refractivity contribution in [2.24, 2.45) is 0 Å². The van der Waals surface area contributed by atoms with Crippen LogP contribution in [0.4, 0.5) is 13.2 Å². The molecule has 0 saturated heterocycles. The molecule has 0 aliphatic heterocycles. The van der Waals surface area contributed by atoms with Crippen LogP contribution in [-0.4, -0.2) is 19.4 Å². The molecule has 1 aromatic heterocycles. The lowest BCUT2D eigenvalue weighted by atomic mass is 10.1. The minimum Gasteiger partial charge on any atom is -0.486 e. The lowest BCUT2D eigenvalue weighted by Crippen LogP contribution is -2.14. The highest BCUT2D eigenvalue weighted by Crippen LogP contribution is 2.32. The van der Waals surface area contributed by atoms with Crippen molar-refractivity contribution in [3.05, 3.63) is 107 Å². The first-order valence-corrected chi connectivity index (χ1v) is 12.6. The number of aromatic nitrogens is 1. The van der Waals surface area contributed by atoms with Crippen molar-refractivity contribution in [3.63, 3.8) is 0 Å². The molecule has 0 fully saturated rings. The van der Waals surface area contributed by atoms with E-state index in [2.05, 4.69) is 5.32 Å². The number of hydrogen-bond donors (Lipinski definition) is 1. The largest absolute Gasteiger partial charge is 0.486 e. The van der Waals surface area contributed by atoms with Gasteiger partial charge in [-0.05, 0) is 73.6 Å². The number of ether oxygens (including phenoxy) is 1. The molecule has 4 rings (SSSR count). The average Bonchev–Trinajstić information content (AvgIpc) is 3.28. The monoisotopic (exact) mass is 525 g/mol. The predicted molar refractivity (Wildman–Crippen MR) is 132 cm³/mol. The standard InChI is InChI=1S/C27H22F3N3O3S/c1-17(20-10-21(28)12-22(29)11-20)36-23-6-7-25(26(30)13-23)27-9-19(15-32-2)16-33(27)37(34,35)24-5-3-4-18(8-24)14-31/h3-13,16-17,32H,15H2,1-2H3. The number of nitriles is 1. The van der Waals surface area contributed by atoms with E-state index in [9.17, 15) is 22.5 Å². The van der Waals surface area contributed by atoms with Crippen molar-refractivity contribution in [2.45, 2.75) is 24.5 Å². The van der Waals surface area contributed by atoms with E-state index in [4.69, 9.17) is 4.74 Å². The molecule has 190 valence electrons. The Bertz CT molecular complexity index is 1590. The number of halogens is 3. The average molecular weight is 526 g/mol. The fraction of sp³-hybridized carbons (Fsp3) is 0.148. The van der Waals surface area contributed by atoms with Crippen molar-refractivity contribution < 1.29 is 26.3 Å². The molecule has 0 radical (unpaired) electrons. The molecule has 1 heterocycles. The third kappa shape index (κ3) is 5.53. The van der Waals surface area contributed by atoms with Gasteiger partial charge in [0.2, 0.25) is 0 Å². The Kier molecular flexibility index (Phi) is 7.38. The molecule has 1 N–H and O–H groups in total. The van der Waals surface area contributed by atoms with E-state index in [1.807, 2.05) is 6.07 Å². The summed E-state index contributed by atoms with van der Waals surface area (Å²) in [5.41, 5.74) is 1.08. The van der Waals surface area contributed by atoms with Crippen LogP contribution in [0.15, 0.2) is 77.8 Å². The van der Waals surface area contributed by atoms with Crippen molar-refractivity contribution in [2.75, 3.05) is 7.05 Å². The Morgan fingerprint density at radius 1 is 1.03 bits per heavy atom. The maximum Gasteiger partial charge on any atom is 0.268 e. The minimum atomic E-state index is -4.17. The van der Waals surface area contributed by atoms with Crippen LogP contribution in [0, 0.1) is 28.8 Å². The van der Waals surface area contributed by atoms with Gasteiger partial charge in [0.05, 0.1) is 22.2 Å². The second-order valence-corrected chi connectivity index (χ2v) is 10.1. The fourth-order valence-corrected chi connectivity index (χ4v) is 5.33. The molecule has 0 aliphatic rings. The van der Waals surface area contributed by atoms with E-state index in [0.29, 0.717) is 12.1 Å². The highest BCUT2D eigenvalue weighted by molar-refractivity contribution is 7.90. The van der Waals surface area contributed by atoms with Gasteiger partial charge in [0, 0.05) is 30.4 Å². The third-order valence-electron chi connectivity index (χ3n) is 5.63. The Morgan fingerprint density at radius 3 is 2.41 bits per heavy atom. The molecule has 10 heteroatoms. The van der Waals surface area contributed by atoms with Crippen molar-refractivity contribution in [1.82, 2.24) is 9.29 Å². The molecule has 6 nitrogen and oxygen atoms in total. The summed E-state index contributed by atoms with van der Waals surface area (Å²) in [6.45, 7) is 1.90. The summed E-state index contributed by atoms with van der Waals surface area (Å²) in [7, 11) is -2.47. The second-order valence-electron chi connectivity index (χ2n) is 8.31. The SMILES string of the molecule is CNCc1cc(-c2ccc(OC(C)c3cc(F)cc(F)c3)cc2F)n(S(=O)(=O)c2cccc(C#N)c2)c1. The van der Waals surface area contributed by atoms with Crippen molar-refractivity contribution >= 4 is 10.0 Å². The topological polar surface area (TPSA) is 84.1 Å². The first-order chi connectivity index (χ1) is 17.6. The van der Waals surface area contributed by atoms with Gasteiger partial charge in [0.1, 0.15) is 29.3 Å². The summed E-state index contributed by atoms with van der Waals surface area (Å²) >= 11 is 0. The Morgan fingerprint density at radius 2 is 1.76 bits per heavy atom. The van der Waals surface area contributed by atoms with Gasteiger partial charge in [0.15, 0.2) is 0 Å². The normalized spacial score (nSPS) is 12.2. The smallest absolute Gasteiger partial charge is 0.268 e. The Hall–Kier alpha value is -4.07. The highest BCUT2D eigenvalue weighted by atomic mass is 32.2. The van der Waals surface area contributed by atoms with Gasteiger partial charge in [-0.15, -0.1) is 0 Å². The summed E-state index contributed by atoms with van der Waals surface area (Å²) in [6.07, 6.45) is 0.610.